The van der Waals surface area contributed by atoms with Crippen molar-refractivity contribution in [3.8, 4) is 11.5 Å². The van der Waals surface area contributed by atoms with Gasteiger partial charge in [-0.1, -0.05) is 6.07 Å². The van der Waals surface area contributed by atoms with Crippen LogP contribution in [0.2, 0.25) is 0 Å². The highest BCUT2D eigenvalue weighted by molar-refractivity contribution is 7.20. The molecule has 1 saturated heterocycles. The maximum atomic E-state index is 13.1. The number of carbonyl (C=O) groups excluding carboxylic acids is 2. The van der Waals surface area contributed by atoms with E-state index >= 15 is 0 Å². The van der Waals surface area contributed by atoms with E-state index < -0.39 is 0 Å². The number of rotatable bonds is 4. The number of hydrogen-bond acceptors (Lipinski definition) is 7. The van der Waals surface area contributed by atoms with Crippen LogP contribution in [-0.2, 0) is 11.3 Å². The van der Waals surface area contributed by atoms with Crippen LogP contribution in [0.1, 0.15) is 33.6 Å². The second-order valence-electron chi connectivity index (χ2n) is 7.94. The van der Waals surface area contributed by atoms with Crippen molar-refractivity contribution < 1.29 is 19.1 Å². The lowest BCUT2D eigenvalue weighted by molar-refractivity contribution is -0.126. The Kier molecular flexibility index (Phi) is 5.30. The van der Waals surface area contributed by atoms with Crippen LogP contribution >= 0.6 is 11.3 Å². The van der Waals surface area contributed by atoms with Gasteiger partial charge in [-0.3, -0.25) is 14.4 Å². The second-order valence-corrected chi connectivity index (χ2v) is 8.94. The quantitative estimate of drug-likeness (QED) is 0.625. The fourth-order valence-corrected chi connectivity index (χ4v) is 5.27. The molecule has 2 amide bonds. The number of carbonyl (C=O) groups is 2. The van der Waals surface area contributed by atoms with E-state index in [0.29, 0.717) is 64.6 Å². The van der Waals surface area contributed by atoms with Crippen molar-refractivity contribution >= 4 is 33.4 Å². The first kappa shape index (κ1) is 20.5. The van der Waals surface area contributed by atoms with Crippen LogP contribution in [0.15, 0.2) is 29.3 Å². The predicted octanol–water partition coefficient (Wildman–Crippen LogP) is 2.19. The van der Waals surface area contributed by atoms with E-state index in [1.165, 1.54) is 17.7 Å². The van der Waals surface area contributed by atoms with E-state index in [1.54, 1.807) is 11.8 Å². The SMILES string of the molecule is Cc1c(C(=O)N2CCC(C(=O)NCc3ccc4c(c3)OCO4)CC2)sc2nc[nH]c(=O)c12. The van der Waals surface area contributed by atoms with Gasteiger partial charge in [-0.05, 0) is 43.0 Å². The molecule has 9 nitrogen and oxygen atoms in total. The van der Waals surface area contributed by atoms with Crippen LogP contribution < -0.4 is 20.3 Å². The fourth-order valence-electron chi connectivity index (χ4n) is 4.16. The molecule has 0 aliphatic carbocycles. The molecule has 10 heteroatoms. The number of aromatic amines is 1. The smallest absolute Gasteiger partial charge is 0.264 e. The Balaban J connectivity index is 1.18. The summed E-state index contributed by atoms with van der Waals surface area (Å²) in [4.78, 5) is 47.4. The number of benzene rings is 1. The first-order chi connectivity index (χ1) is 15.5. The number of piperidine rings is 1. The number of H-pyrrole nitrogens is 1. The minimum Gasteiger partial charge on any atom is -0.454 e. The summed E-state index contributed by atoms with van der Waals surface area (Å²) in [5, 5.41) is 3.46. The Hall–Kier alpha value is -3.40. The fraction of sp³-hybridized carbons (Fsp3) is 0.364. The van der Waals surface area contributed by atoms with E-state index in [2.05, 4.69) is 15.3 Å². The van der Waals surface area contributed by atoms with E-state index in [-0.39, 0.29) is 30.1 Å². The summed E-state index contributed by atoms with van der Waals surface area (Å²) in [7, 11) is 0. The van der Waals surface area contributed by atoms with Crippen molar-refractivity contribution in [2.75, 3.05) is 19.9 Å². The highest BCUT2D eigenvalue weighted by Crippen LogP contribution is 2.32. The van der Waals surface area contributed by atoms with Crippen LogP contribution in [-0.4, -0.2) is 46.6 Å². The zero-order valence-electron chi connectivity index (χ0n) is 17.5. The van der Waals surface area contributed by atoms with Crippen LogP contribution in [0.25, 0.3) is 10.2 Å². The number of fused-ring (bicyclic) bond motifs is 2. The molecule has 2 aliphatic heterocycles. The maximum absolute atomic E-state index is 13.1. The average molecular weight is 455 g/mol. The normalized spacial score (nSPS) is 15.8. The first-order valence-corrected chi connectivity index (χ1v) is 11.2. The topological polar surface area (TPSA) is 114 Å². The molecule has 2 aliphatic rings. The molecule has 0 saturated carbocycles. The summed E-state index contributed by atoms with van der Waals surface area (Å²) in [6, 6.07) is 5.62. The molecular weight excluding hydrogens is 432 g/mol. The number of nitrogens with one attached hydrogen (secondary N) is 2. The Bertz CT molecular complexity index is 1260. The summed E-state index contributed by atoms with van der Waals surface area (Å²) in [6.07, 6.45) is 2.55. The van der Waals surface area contributed by atoms with Crippen molar-refractivity contribution in [1.29, 1.82) is 0 Å². The van der Waals surface area contributed by atoms with Crippen molar-refractivity contribution in [3.05, 3.63) is 50.9 Å². The Morgan fingerprint density at radius 1 is 1.25 bits per heavy atom. The van der Waals surface area contributed by atoms with E-state index in [9.17, 15) is 14.4 Å². The van der Waals surface area contributed by atoms with Gasteiger partial charge in [0.2, 0.25) is 12.7 Å². The minimum atomic E-state index is -0.236. The second kappa shape index (κ2) is 8.27. The molecule has 0 spiro atoms. The Morgan fingerprint density at radius 2 is 2.03 bits per heavy atom. The minimum absolute atomic E-state index is 0.0106. The number of hydrogen-bond donors (Lipinski definition) is 2. The lowest BCUT2D eigenvalue weighted by Crippen LogP contribution is -2.42. The summed E-state index contributed by atoms with van der Waals surface area (Å²) in [5.41, 5.74) is 1.37. The zero-order valence-corrected chi connectivity index (χ0v) is 18.3. The van der Waals surface area contributed by atoms with Gasteiger partial charge in [-0.15, -0.1) is 11.3 Å². The molecule has 0 radical (unpaired) electrons. The molecular formula is C22H22N4O5S. The molecule has 0 unspecified atom stereocenters. The summed E-state index contributed by atoms with van der Waals surface area (Å²) >= 11 is 1.24. The van der Waals surface area contributed by atoms with E-state index in [1.807, 2.05) is 18.2 Å². The van der Waals surface area contributed by atoms with Gasteiger partial charge in [0.1, 0.15) is 4.83 Å². The van der Waals surface area contributed by atoms with Crippen LogP contribution in [0.5, 0.6) is 11.5 Å². The summed E-state index contributed by atoms with van der Waals surface area (Å²) < 4.78 is 10.7. The summed E-state index contributed by atoms with van der Waals surface area (Å²) in [6.45, 7) is 3.41. The van der Waals surface area contributed by atoms with E-state index in [4.69, 9.17) is 9.47 Å². The molecule has 5 rings (SSSR count). The molecule has 4 heterocycles. The molecule has 2 aromatic heterocycles. The predicted molar refractivity (Wildman–Crippen MR) is 118 cm³/mol. The molecule has 0 bridgehead atoms. The van der Waals surface area contributed by atoms with Gasteiger partial charge in [0.15, 0.2) is 11.5 Å². The van der Waals surface area contributed by atoms with Crippen molar-refractivity contribution in [2.45, 2.75) is 26.3 Å². The lowest BCUT2D eigenvalue weighted by atomic mass is 9.95. The third-order valence-electron chi connectivity index (χ3n) is 5.98. The van der Waals surface area contributed by atoms with E-state index in [0.717, 1.165) is 5.56 Å². The molecule has 0 atom stereocenters. The largest absolute Gasteiger partial charge is 0.454 e. The highest BCUT2D eigenvalue weighted by atomic mass is 32.1. The van der Waals surface area contributed by atoms with Crippen molar-refractivity contribution in [3.63, 3.8) is 0 Å². The van der Waals surface area contributed by atoms with Gasteiger partial charge in [0.05, 0.1) is 16.6 Å². The number of ether oxygens (including phenoxy) is 2. The molecule has 1 fully saturated rings. The molecule has 2 N–H and O–H groups in total. The number of nitrogens with zero attached hydrogens (tertiary/aromatic N) is 2. The monoisotopic (exact) mass is 454 g/mol. The Labute approximate surface area is 187 Å². The Morgan fingerprint density at radius 3 is 2.81 bits per heavy atom. The van der Waals surface area contributed by atoms with Gasteiger partial charge in [-0.2, -0.15) is 0 Å². The highest BCUT2D eigenvalue weighted by Gasteiger charge is 2.30. The van der Waals surface area contributed by atoms with Gasteiger partial charge in [-0.25, -0.2) is 4.98 Å². The first-order valence-electron chi connectivity index (χ1n) is 10.4. The number of aromatic nitrogens is 2. The van der Waals surface area contributed by atoms with Crippen molar-refractivity contribution in [1.82, 2.24) is 20.2 Å². The summed E-state index contributed by atoms with van der Waals surface area (Å²) in [5.74, 6) is 1.15. The van der Waals surface area contributed by atoms with Crippen LogP contribution in [0.3, 0.4) is 0 Å². The van der Waals surface area contributed by atoms with Gasteiger partial charge < -0.3 is 24.7 Å². The third-order valence-corrected chi connectivity index (χ3v) is 7.17. The third kappa shape index (κ3) is 3.70. The van der Waals surface area contributed by atoms with Gasteiger partial charge in [0.25, 0.3) is 11.5 Å². The average Bonchev–Trinajstić information content (AvgIpc) is 3.41. The molecule has 166 valence electrons. The van der Waals surface area contributed by atoms with Crippen LogP contribution in [0, 0.1) is 12.8 Å². The molecule has 32 heavy (non-hydrogen) atoms. The van der Waals surface area contributed by atoms with Crippen LogP contribution in [0.4, 0.5) is 0 Å². The standard InChI is InChI=1S/C22H22N4O5S/c1-12-17-20(28)24-10-25-21(17)32-18(12)22(29)26-6-4-14(5-7-26)19(27)23-9-13-2-3-15-16(8-13)31-11-30-15/h2-3,8,10,14H,4-7,9,11H2,1H3,(H,23,27)(H,24,25,28). The molecule has 1 aromatic carbocycles. The zero-order chi connectivity index (χ0) is 22.2. The lowest BCUT2D eigenvalue weighted by Gasteiger charge is -2.31. The number of amides is 2. The number of likely N-dealkylation sites (tertiary alicyclic amines) is 1. The number of thiophene rings is 1. The van der Waals surface area contributed by atoms with Crippen molar-refractivity contribution in [2.24, 2.45) is 5.92 Å². The maximum Gasteiger partial charge on any atom is 0.264 e. The molecule has 3 aromatic rings. The number of aryl methyl sites for hydroxylation is 1. The van der Waals surface area contributed by atoms with Gasteiger partial charge in [0, 0.05) is 25.6 Å². The van der Waals surface area contributed by atoms with Gasteiger partial charge >= 0.3 is 0 Å².